The van der Waals surface area contributed by atoms with Gasteiger partial charge in [0.05, 0.1) is 15.9 Å². The molecule has 0 saturated carbocycles. The Kier molecular flexibility index (Phi) is 4.07. The summed E-state index contributed by atoms with van der Waals surface area (Å²) in [5, 5.41) is 7.05. The van der Waals surface area contributed by atoms with Crippen LogP contribution in [0.25, 0.3) is 0 Å². The van der Waals surface area contributed by atoms with Crippen LogP contribution < -0.4 is 0 Å². The molecule has 1 aromatic rings. The first kappa shape index (κ1) is 9.72. The minimum atomic E-state index is 0.733. The number of hydrogen-bond donors (Lipinski definition) is 1. The van der Waals surface area contributed by atoms with Gasteiger partial charge in [-0.15, -0.1) is 0 Å². The lowest BCUT2D eigenvalue weighted by Gasteiger charge is -1.94. The number of hydrogen-bond acceptors (Lipinski definition) is 2. The normalized spacial score (nSPS) is 10.5. The molecule has 0 radical (unpaired) electrons. The topological polar surface area (TPSA) is 37.9 Å². The van der Waals surface area contributed by atoms with Crippen molar-refractivity contribution in [2.24, 2.45) is 0 Å². The number of halogens is 2. The molecule has 0 aliphatic rings. The minimum absolute atomic E-state index is 0.733. The SMILES string of the molecule is COCCc1n[nH]c(I)c1I. The molecule has 0 fully saturated rings. The molecular formula is C6H8I2N2O. The lowest BCUT2D eigenvalue weighted by Crippen LogP contribution is -1.96. The van der Waals surface area contributed by atoms with Gasteiger partial charge in [0.25, 0.3) is 0 Å². The number of H-pyrrole nitrogens is 1. The molecule has 0 aliphatic heterocycles. The smallest absolute Gasteiger partial charge is 0.109 e. The Morgan fingerprint density at radius 3 is 2.73 bits per heavy atom. The van der Waals surface area contributed by atoms with E-state index in [9.17, 15) is 0 Å². The summed E-state index contributed by atoms with van der Waals surface area (Å²) in [6.45, 7) is 0.733. The van der Waals surface area contributed by atoms with Crippen LogP contribution in [0.5, 0.6) is 0 Å². The summed E-state index contributed by atoms with van der Waals surface area (Å²) in [5.41, 5.74) is 1.09. The Labute approximate surface area is 92.6 Å². The van der Waals surface area contributed by atoms with Gasteiger partial charge < -0.3 is 4.74 Å². The largest absolute Gasteiger partial charge is 0.384 e. The van der Waals surface area contributed by atoms with E-state index in [-0.39, 0.29) is 0 Å². The highest BCUT2D eigenvalue weighted by molar-refractivity contribution is 14.1. The molecule has 62 valence electrons. The third-order valence-electron chi connectivity index (χ3n) is 1.28. The van der Waals surface area contributed by atoms with Crippen LogP contribution in [0.2, 0.25) is 0 Å². The van der Waals surface area contributed by atoms with Crippen LogP contribution in [0.3, 0.4) is 0 Å². The second kappa shape index (κ2) is 4.61. The van der Waals surface area contributed by atoms with Crippen molar-refractivity contribution in [3.05, 3.63) is 13.0 Å². The van der Waals surface area contributed by atoms with Crippen molar-refractivity contribution in [1.29, 1.82) is 0 Å². The number of rotatable bonds is 3. The van der Waals surface area contributed by atoms with Crippen molar-refractivity contribution in [2.75, 3.05) is 13.7 Å². The quantitative estimate of drug-likeness (QED) is 0.816. The lowest BCUT2D eigenvalue weighted by molar-refractivity contribution is 0.201. The molecule has 0 aliphatic carbocycles. The van der Waals surface area contributed by atoms with E-state index >= 15 is 0 Å². The number of ether oxygens (including phenoxy) is 1. The van der Waals surface area contributed by atoms with Gasteiger partial charge in [-0.3, -0.25) is 5.10 Å². The fourth-order valence-electron chi connectivity index (χ4n) is 0.706. The maximum absolute atomic E-state index is 4.95. The standard InChI is InChI=1S/C6H8I2N2O/c1-11-3-2-4-5(7)6(8)10-9-4/h2-3H2,1H3,(H,9,10). The summed E-state index contributed by atoms with van der Waals surface area (Å²) >= 11 is 4.51. The molecule has 0 atom stereocenters. The molecule has 3 nitrogen and oxygen atoms in total. The lowest BCUT2D eigenvalue weighted by atomic mass is 10.3. The maximum Gasteiger partial charge on any atom is 0.109 e. The van der Waals surface area contributed by atoms with Crippen LogP contribution in [0.4, 0.5) is 0 Å². The van der Waals surface area contributed by atoms with E-state index in [2.05, 4.69) is 55.4 Å². The van der Waals surface area contributed by atoms with Gasteiger partial charge in [0.1, 0.15) is 3.70 Å². The van der Waals surface area contributed by atoms with E-state index in [0.717, 1.165) is 22.4 Å². The van der Waals surface area contributed by atoms with E-state index in [1.54, 1.807) is 7.11 Å². The van der Waals surface area contributed by atoms with Gasteiger partial charge in [-0.05, 0) is 45.2 Å². The van der Waals surface area contributed by atoms with Crippen molar-refractivity contribution >= 4 is 45.2 Å². The van der Waals surface area contributed by atoms with E-state index in [1.165, 1.54) is 3.57 Å². The molecule has 0 amide bonds. The van der Waals surface area contributed by atoms with E-state index < -0.39 is 0 Å². The molecule has 1 rings (SSSR count). The van der Waals surface area contributed by atoms with Gasteiger partial charge in [0.15, 0.2) is 0 Å². The van der Waals surface area contributed by atoms with Crippen LogP contribution in [-0.2, 0) is 11.2 Å². The summed E-state index contributed by atoms with van der Waals surface area (Å²) in [6.07, 6.45) is 0.883. The fraction of sp³-hybridized carbons (Fsp3) is 0.500. The van der Waals surface area contributed by atoms with Crippen molar-refractivity contribution in [1.82, 2.24) is 10.2 Å². The first-order chi connectivity index (χ1) is 5.25. The predicted octanol–water partition coefficient (Wildman–Crippen LogP) is 1.81. The maximum atomic E-state index is 4.95. The highest BCUT2D eigenvalue weighted by Crippen LogP contribution is 2.16. The monoisotopic (exact) mass is 378 g/mol. The Morgan fingerprint density at radius 2 is 2.27 bits per heavy atom. The second-order valence-corrected chi connectivity index (χ2v) is 4.20. The summed E-state index contributed by atoms with van der Waals surface area (Å²) in [4.78, 5) is 0. The van der Waals surface area contributed by atoms with Gasteiger partial charge in [-0.1, -0.05) is 0 Å². The molecule has 0 bridgehead atoms. The summed E-state index contributed by atoms with van der Waals surface area (Å²) in [5.74, 6) is 0. The third kappa shape index (κ3) is 2.55. The molecular weight excluding hydrogens is 370 g/mol. The van der Waals surface area contributed by atoms with Crippen LogP contribution in [0, 0.1) is 7.27 Å². The number of aromatic nitrogens is 2. The number of nitrogens with zero attached hydrogens (tertiary/aromatic N) is 1. The van der Waals surface area contributed by atoms with E-state index in [1.807, 2.05) is 0 Å². The van der Waals surface area contributed by atoms with Crippen molar-refractivity contribution in [3.63, 3.8) is 0 Å². The van der Waals surface area contributed by atoms with Gasteiger partial charge in [0.2, 0.25) is 0 Å². The number of nitrogens with one attached hydrogen (secondary N) is 1. The summed E-state index contributed by atoms with van der Waals surface area (Å²) < 4.78 is 7.26. The van der Waals surface area contributed by atoms with Gasteiger partial charge in [-0.2, -0.15) is 5.10 Å². The Morgan fingerprint density at radius 1 is 1.55 bits per heavy atom. The third-order valence-corrected chi connectivity index (χ3v) is 4.25. The highest BCUT2D eigenvalue weighted by Gasteiger charge is 2.06. The summed E-state index contributed by atoms with van der Waals surface area (Å²) in [6, 6.07) is 0. The van der Waals surface area contributed by atoms with Crippen LogP contribution in [0.15, 0.2) is 0 Å². The Bertz CT molecular complexity index is 236. The zero-order valence-electron chi connectivity index (χ0n) is 6.03. The van der Waals surface area contributed by atoms with Gasteiger partial charge in [0, 0.05) is 13.5 Å². The molecule has 0 saturated heterocycles. The van der Waals surface area contributed by atoms with Crippen molar-refractivity contribution in [3.8, 4) is 0 Å². The molecule has 5 heteroatoms. The first-order valence-electron chi connectivity index (χ1n) is 3.13. The molecule has 0 unspecified atom stereocenters. The Balaban J connectivity index is 2.63. The van der Waals surface area contributed by atoms with Gasteiger partial charge in [-0.25, -0.2) is 0 Å². The first-order valence-corrected chi connectivity index (χ1v) is 5.28. The molecule has 11 heavy (non-hydrogen) atoms. The van der Waals surface area contributed by atoms with Crippen LogP contribution >= 0.6 is 45.2 Å². The van der Waals surface area contributed by atoms with Gasteiger partial charge >= 0.3 is 0 Å². The Hall–Kier alpha value is 0.630. The second-order valence-electron chi connectivity index (χ2n) is 2.04. The molecule has 0 spiro atoms. The molecule has 1 heterocycles. The number of methoxy groups -OCH3 is 1. The van der Waals surface area contributed by atoms with E-state index in [0.29, 0.717) is 0 Å². The highest BCUT2D eigenvalue weighted by atomic mass is 127. The zero-order valence-corrected chi connectivity index (χ0v) is 10.3. The molecule has 1 aromatic heterocycles. The molecule has 0 aromatic carbocycles. The van der Waals surface area contributed by atoms with E-state index in [4.69, 9.17) is 4.74 Å². The predicted molar refractivity (Wildman–Crippen MR) is 59.6 cm³/mol. The zero-order chi connectivity index (χ0) is 8.27. The van der Waals surface area contributed by atoms with Crippen LogP contribution in [-0.4, -0.2) is 23.9 Å². The number of aromatic amines is 1. The average Bonchev–Trinajstić information content (AvgIpc) is 2.31. The summed E-state index contributed by atoms with van der Waals surface area (Å²) in [7, 11) is 1.70. The fourth-order valence-corrected chi connectivity index (χ4v) is 1.65. The molecule has 1 N–H and O–H groups in total. The minimum Gasteiger partial charge on any atom is -0.384 e. The van der Waals surface area contributed by atoms with Crippen molar-refractivity contribution in [2.45, 2.75) is 6.42 Å². The average molecular weight is 378 g/mol. The van der Waals surface area contributed by atoms with Crippen LogP contribution in [0.1, 0.15) is 5.69 Å². The van der Waals surface area contributed by atoms with Crippen molar-refractivity contribution < 1.29 is 4.74 Å².